The first-order valence-corrected chi connectivity index (χ1v) is 9.63. The standard InChI is InChI=1S/C20H18Cl2N4O4/c1-11(27)23-13-4-6-14(7-5-13)24-17(28)10-26-18(29)20(2,25-19(26)30)12-3-8-15(21)16(22)9-12/h3-9H,10H2,1-2H3,(H,23,27)(H,24,28)(H,25,30). The molecule has 30 heavy (non-hydrogen) atoms. The highest BCUT2D eigenvalue weighted by Gasteiger charge is 2.49. The van der Waals surface area contributed by atoms with Crippen molar-refractivity contribution < 1.29 is 19.2 Å². The first kappa shape index (κ1) is 21.6. The van der Waals surface area contributed by atoms with Crippen LogP contribution in [-0.2, 0) is 19.9 Å². The van der Waals surface area contributed by atoms with Crippen molar-refractivity contribution in [2.45, 2.75) is 19.4 Å². The second kappa shape index (κ2) is 8.33. The summed E-state index contributed by atoms with van der Waals surface area (Å²) in [4.78, 5) is 49.6. The molecule has 1 aliphatic rings. The van der Waals surface area contributed by atoms with Crippen molar-refractivity contribution in [2.24, 2.45) is 0 Å². The van der Waals surface area contributed by atoms with Gasteiger partial charge in [-0.05, 0) is 48.9 Å². The Morgan fingerprint density at radius 1 is 1.00 bits per heavy atom. The monoisotopic (exact) mass is 448 g/mol. The molecule has 0 aliphatic carbocycles. The Kier molecular flexibility index (Phi) is 6.00. The number of nitrogens with zero attached hydrogens (tertiary/aromatic N) is 1. The van der Waals surface area contributed by atoms with Gasteiger partial charge in [0.05, 0.1) is 10.0 Å². The number of urea groups is 1. The lowest BCUT2D eigenvalue weighted by Crippen LogP contribution is -2.42. The van der Waals surface area contributed by atoms with Crippen molar-refractivity contribution in [3.8, 4) is 0 Å². The fourth-order valence-electron chi connectivity index (χ4n) is 3.03. The predicted octanol–water partition coefficient (Wildman–Crippen LogP) is 3.36. The normalized spacial score (nSPS) is 18.2. The van der Waals surface area contributed by atoms with E-state index in [0.717, 1.165) is 4.90 Å². The number of nitrogens with one attached hydrogen (secondary N) is 3. The van der Waals surface area contributed by atoms with Gasteiger partial charge in [-0.2, -0.15) is 0 Å². The van der Waals surface area contributed by atoms with Crippen LogP contribution in [0.25, 0.3) is 0 Å². The molecular weight excluding hydrogens is 431 g/mol. The predicted molar refractivity (Wildman–Crippen MR) is 113 cm³/mol. The van der Waals surface area contributed by atoms with E-state index in [2.05, 4.69) is 16.0 Å². The minimum atomic E-state index is -1.37. The van der Waals surface area contributed by atoms with Crippen molar-refractivity contribution in [2.75, 3.05) is 17.2 Å². The van der Waals surface area contributed by atoms with Gasteiger partial charge in [0, 0.05) is 18.3 Å². The molecule has 1 heterocycles. The van der Waals surface area contributed by atoms with Gasteiger partial charge in [-0.25, -0.2) is 4.79 Å². The second-order valence-electron chi connectivity index (χ2n) is 6.88. The summed E-state index contributed by atoms with van der Waals surface area (Å²) in [5.41, 5.74) is 0.109. The van der Waals surface area contributed by atoms with Crippen LogP contribution in [0.4, 0.5) is 16.2 Å². The number of benzene rings is 2. The molecule has 1 saturated heterocycles. The van der Waals surface area contributed by atoms with Crippen molar-refractivity contribution in [1.82, 2.24) is 10.2 Å². The molecule has 0 saturated carbocycles. The van der Waals surface area contributed by atoms with Gasteiger partial charge in [-0.1, -0.05) is 29.3 Å². The Balaban J connectivity index is 1.69. The fraction of sp³-hybridized carbons (Fsp3) is 0.200. The molecule has 2 aromatic carbocycles. The zero-order chi connectivity index (χ0) is 22.1. The van der Waals surface area contributed by atoms with Crippen molar-refractivity contribution >= 4 is 58.3 Å². The highest BCUT2D eigenvalue weighted by molar-refractivity contribution is 6.42. The number of anilines is 2. The molecule has 3 rings (SSSR count). The van der Waals surface area contributed by atoms with E-state index in [0.29, 0.717) is 22.0 Å². The van der Waals surface area contributed by atoms with E-state index in [-0.39, 0.29) is 10.9 Å². The maximum Gasteiger partial charge on any atom is 0.325 e. The molecule has 5 amide bonds. The minimum Gasteiger partial charge on any atom is -0.326 e. The molecule has 0 spiro atoms. The SMILES string of the molecule is CC(=O)Nc1ccc(NC(=O)CN2C(=O)NC(C)(c3ccc(Cl)c(Cl)c3)C2=O)cc1. The van der Waals surface area contributed by atoms with E-state index in [1.54, 1.807) is 30.3 Å². The third-order valence-electron chi connectivity index (χ3n) is 4.56. The van der Waals surface area contributed by atoms with Crippen LogP contribution in [0, 0.1) is 0 Å². The summed E-state index contributed by atoms with van der Waals surface area (Å²) in [6.45, 7) is 2.46. The highest BCUT2D eigenvalue weighted by atomic mass is 35.5. The van der Waals surface area contributed by atoms with E-state index in [1.165, 1.54) is 26.0 Å². The Morgan fingerprint density at radius 3 is 2.17 bits per heavy atom. The van der Waals surface area contributed by atoms with Gasteiger partial charge in [-0.15, -0.1) is 0 Å². The van der Waals surface area contributed by atoms with Crippen molar-refractivity contribution in [1.29, 1.82) is 0 Å². The number of carbonyl (C=O) groups is 4. The summed E-state index contributed by atoms with van der Waals surface area (Å²) in [6.07, 6.45) is 0. The third kappa shape index (κ3) is 4.39. The van der Waals surface area contributed by atoms with Crippen LogP contribution in [0.15, 0.2) is 42.5 Å². The lowest BCUT2D eigenvalue weighted by atomic mass is 9.92. The molecule has 1 fully saturated rings. The molecule has 0 radical (unpaired) electrons. The molecule has 10 heteroatoms. The summed E-state index contributed by atoms with van der Waals surface area (Å²) in [6, 6.07) is 10.4. The van der Waals surface area contributed by atoms with E-state index < -0.39 is 29.9 Å². The Bertz CT molecular complexity index is 1040. The quantitative estimate of drug-likeness (QED) is 0.609. The number of amides is 5. The maximum absolute atomic E-state index is 12.9. The van der Waals surface area contributed by atoms with Crippen molar-refractivity contribution in [3.63, 3.8) is 0 Å². The van der Waals surface area contributed by atoms with Crippen LogP contribution >= 0.6 is 23.2 Å². The first-order chi connectivity index (χ1) is 14.1. The number of halogens is 2. The number of hydrogen-bond donors (Lipinski definition) is 3. The molecule has 2 aromatic rings. The minimum absolute atomic E-state index is 0.213. The Hall–Kier alpha value is -3.10. The molecule has 8 nitrogen and oxygen atoms in total. The molecule has 0 aromatic heterocycles. The summed E-state index contributed by atoms with van der Waals surface area (Å²) in [5, 5.41) is 8.39. The molecule has 0 bridgehead atoms. The fourth-order valence-corrected chi connectivity index (χ4v) is 3.33. The molecule has 156 valence electrons. The third-order valence-corrected chi connectivity index (χ3v) is 5.30. The first-order valence-electron chi connectivity index (χ1n) is 8.87. The van der Waals surface area contributed by atoms with Crippen molar-refractivity contribution in [3.05, 3.63) is 58.1 Å². The van der Waals surface area contributed by atoms with Gasteiger partial charge in [0.1, 0.15) is 12.1 Å². The van der Waals surface area contributed by atoms with Crippen LogP contribution in [-0.4, -0.2) is 35.2 Å². The van der Waals surface area contributed by atoms with Gasteiger partial charge in [0.2, 0.25) is 11.8 Å². The summed E-state index contributed by atoms with van der Waals surface area (Å²) in [7, 11) is 0. The molecule has 1 aliphatic heterocycles. The summed E-state index contributed by atoms with van der Waals surface area (Å²) >= 11 is 11.9. The smallest absolute Gasteiger partial charge is 0.325 e. The average molecular weight is 449 g/mol. The van der Waals surface area contributed by atoms with E-state index in [9.17, 15) is 19.2 Å². The van der Waals surface area contributed by atoms with Gasteiger partial charge in [-0.3, -0.25) is 19.3 Å². The van der Waals surface area contributed by atoms with Crippen LogP contribution in [0.5, 0.6) is 0 Å². The summed E-state index contributed by atoms with van der Waals surface area (Å²) < 4.78 is 0. The van der Waals surface area contributed by atoms with E-state index in [4.69, 9.17) is 23.2 Å². The van der Waals surface area contributed by atoms with E-state index >= 15 is 0 Å². The number of carbonyl (C=O) groups excluding carboxylic acids is 4. The molecule has 3 N–H and O–H groups in total. The lowest BCUT2D eigenvalue weighted by Gasteiger charge is -2.22. The Labute approximate surface area is 182 Å². The number of hydrogen-bond acceptors (Lipinski definition) is 4. The zero-order valence-corrected chi connectivity index (χ0v) is 17.6. The lowest BCUT2D eigenvalue weighted by molar-refractivity contribution is -0.133. The highest BCUT2D eigenvalue weighted by Crippen LogP contribution is 2.33. The number of rotatable bonds is 5. The van der Waals surface area contributed by atoms with Gasteiger partial charge >= 0.3 is 6.03 Å². The largest absolute Gasteiger partial charge is 0.326 e. The van der Waals surface area contributed by atoms with Gasteiger partial charge < -0.3 is 16.0 Å². The van der Waals surface area contributed by atoms with Crippen LogP contribution < -0.4 is 16.0 Å². The van der Waals surface area contributed by atoms with Crippen LogP contribution in [0.3, 0.4) is 0 Å². The van der Waals surface area contributed by atoms with Crippen LogP contribution in [0.2, 0.25) is 10.0 Å². The molecular formula is C20H18Cl2N4O4. The number of imide groups is 1. The average Bonchev–Trinajstić information content (AvgIpc) is 2.89. The maximum atomic E-state index is 12.9. The van der Waals surface area contributed by atoms with Gasteiger partial charge in [0.25, 0.3) is 5.91 Å². The Morgan fingerprint density at radius 2 is 1.60 bits per heavy atom. The van der Waals surface area contributed by atoms with Crippen LogP contribution in [0.1, 0.15) is 19.4 Å². The molecule has 1 unspecified atom stereocenters. The topological polar surface area (TPSA) is 108 Å². The van der Waals surface area contributed by atoms with E-state index in [1.807, 2.05) is 0 Å². The molecule has 1 atom stereocenters. The second-order valence-corrected chi connectivity index (χ2v) is 7.70. The summed E-state index contributed by atoms with van der Waals surface area (Å²) in [5.74, 6) is -1.35. The van der Waals surface area contributed by atoms with Gasteiger partial charge in [0.15, 0.2) is 0 Å². The zero-order valence-electron chi connectivity index (χ0n) is 16.1.